The lowest BCUT2D eigenvalue weighted by atomic mass is 10.00. The highest BCUT2D eigenvalue weighted by molar-refractivity contribution is 5.72. The lowest BCUT2D eigenvalue weighted by Gasteiger charge is -2.08. The van der Waals surface area contributed by atoms with Crippen molar-refractivity contribution in [3.63, 3.8) is 0 Å². The van der Waals surface area contributed by atoms with Crippen molar-refractivity contribution in [2.45, 2.75) is 19.3 Å². The van der Waals surface area contributed by atoms with E-state index in [1.807, 2.05) is 0 Å². The Morgan fingerprint density at radius 3 is 2.17 bits per heavy atom. The molecular weight excluding hydrogens is 162 g/mol. The summed E-state index contributed by atoms with van der Waals surface area (Å²) in [5, 5.41) is 16.9. The van der Waals surface area contributed by atoms with E-state index in [0.29, 0.717) is 6.42 Å². The third-order valence-corrected chi connectivity index (χ3v) is 1.57. The Bertz CT molecular complexity index is 169. The highest BCUT2D eigenvalue weighted by Gasteiger charge is 2.17. The monoisotopic (exact) mass is 175 g/mol. The molecule has 0 aromatic heterocycles. The van der Waals surface area contributed by atoms with Crippen molar-refractivity contribution in [2.75, 3.05) is 6.54 Å². The normalized spacial score (nSPS) is 12.4. The minimum absolute atomic E-state index is 0.114. The number of rotatable bonds is 6. The zero-order valence-corrected chi connectivity index (χ0v) is 6.69. The van der Waals surface area contributed by atoms with Gasteiger partial charge < -0.3 is 15.9 Å². The lowest BCUT2D eigenvalue weighted by Crippen LogP contribution is -2.18. The van der Waals surface area contributed by atoms with Crippen LogP contribution in [0.5, 0.6) is 0 Å². The van der Waals surface area contributed by atoms with Crippen LogP contribution in [0.4, 0.5) is 0 Å². The molecule has 0 aliphatic carbocycles. The SMILES string of the molecule is NCCC(CCC(=O)O)C(=O)O. The molecule has 1 unspecified atom stereocenters. The summed E-state index contributed by atoms with van der Waals surface area (Å²) in [6, 6.07) is 0. The lowest BCUT2D eigenvalue weighted by molar-refractivity contribution is -0.143. The second kappa shape index (κ2) is 5.54. The van der Waals surface area contributed by atoms with Crippen LogP contribution < -0.4 is 5.73 Å². The van der Waals surface area contributed by atoms with Crippen molar-refractivity contribution in [3.05, 3.63) is 0 Å². The van der Waals surface area contributed by atoms with Gasteiger partial charge in [0.2, 0.25) is 0 Å². The maximum Gasteiger partial charge on any atom is 0.306 e. The Morgan fingerprint density at radius 2 is 1.83 bits per heavy atom. The second-order valence-corrected chi connectivity index (χ2v) is 2.54. The number of carbonyl (C=O) groups is 2. The molecule has 0 saturated heterocycles. The molecule has 4 N–H and O–H groups in total. The Kier molecular flexibility index (Phi) is 5.03. The van der Waals surface area contributed by atoms with E-state index in [0.717, 1.165) is 0 Å². The average molecular weight is 175 g/mol. The van der Waals surface area contributed by atoms with Crippen LogP contribution in [0.1, 0.15) is 19.3 Å². The molecule has 12 heavy (non-hydrogen) atoms. The molecule has 0 heterocycles. The fourth-order valence-electron chi connectivity index (χ4n) is 0.890. The van der Waals surface area contributed by atoms with Crippen molar-refractivity contribution < 1.29 is 19.8 Å². The van der Waals surface area contributed by atoms with Crippen molar-refractivity contribution >= 4 is 11.9 Å². The first-order valence-electron chi connectivity index (χ1n) is 3.72. The van der Waals surface area contributed by atoms with Gasteiger partial charge in [-0.15, -0.1) is 0 Å². The Labute approximate surface area is 70.2 Å². The van der Waals surface area contributed by atoms with Gasteiger partial charge in [-0.2, -0.15) is 0 Å². The highest BCUT2D eigenvalue weighted by Crippen LogP contribution is 2.10. The van der Waals surface area contributed by atoms with Gasteiger partial charge in [-0.1, -0.05) is 0 Å². The Hall–Kier alpha value is -1.10. The zero-order valence-electron chi connectivity index (χ0n) is 6.69. The smallest absolute Gasteiger partial charge is 0.306 e. The van der Waals surface area contributed by atoms with E-state index in [1.54, 1.807) is 0 Å². The molecule has 0 fully saturated rings. The minimum atomic E-state index is -0.974. The van der Waals surface area contributed by atoms with Crippen molar-refractivity contribution in [1.29, 1.82) is 0 Å². The van der Waals surface area contributed by atoms with Crippen LogP contribution in [-0.2, 0) is 9.59 Å². The zero-order chi connectivity index (χ0) is 9.56. The molecule has 0 aromatic carbocycles. The molecule has 0 rings (SSSR count). The largest absolute Gasteiger partial charge is 0.481 e. The average Bonchev–Trinajstić information content (AvgIpc) is 1.96. The number of carboxylic acids is 2. The molecule has 1 atom stereocenters. The molecular formula is C7H13NO4. The number of hydrogen-bond acceptors (Lipinski definition) is 3. The molecule has 0 aliphatic rings. The van der Waals surface area contributed by atoms with Gasteiger partial charge >= 0.3 is 11.9 Å². The molecule has 5 heteroatoms. The van der Waals surface area contributed by atoms with E-state index in [4.69, 9.17) is 15.9 Å². The standard InChI is InChI=1S/C7H13NO4/c8-4-3-5(7(11)12)1-2-6(9)10/h5H,1-4,8H2,(H,9,10)(H,11,12). The first-order valence-corrected chi connectivity index (χ1v) is 3.72. The molecule has 0 amide bonds. The predicted molar refractivity (Wildman–Crippen MR) is 41.7 cm³/mol. The van der Waals surface area contributed by atoms with E-state index >= 15 is 0 Å². The number of aliphatic carboxylic acids is 2. The molecule has 0 bridgehead atoms. The summed E-state index contributed by atoms with van der Waals surface area (Å²) in [5.41, 5.74) is 5.16. The maximum atomic E-state index is 10.5. The molecule has 0 radical (unpaired) electrons. The topological polar surface area (TPSA) is 101 Å². The van der Waals surface area contributed by atoms with E-state index < -0.39 is 17.9 Å². The van der Waals surface area contributed by atoms with Crippen LogP contribution in [0.15, 0.2) is 0 Å². The summed E-state index contributed by atoms with van der Waals surface area (Å²) in [7, 11) is 0. The third-order valence-electron chi connectivity index (χ3n) is 1.57. The maximum absolute atomic E-state index is 10.5. The van der Waals surface area contributed by atoms with Gasteiger partial charge in [0.1, 0.15) is 0 Å². The van der Waals surface area contributed by atoms with Gasteiger partial charge in [0.25, 0.3) is 0 Å². The molecule has 0 saturated carbocycles. The van der Waals surface area contributed by atoms with E-state index in [-0.39, 0.29) is 19.4 Å². The molecule has 0 aliphatic heterocycles. The van der Waals surface area contributed by atoms with Crippen LogP contribution in [0, 0.1) is 5.92 Å². The summed E-state index contributed by atoms with van der Waals surface area (Å²) >= 11 is 0. The van der Waals surface area contributed by atoms with Crippen LogP contribution in [0.2, 0.25) is 0 Å². The Morgan fingerprint density at radius 1 is 1.25 bits per heavy atom. The quantitative estimate of drug-likeness (QED) is 0.523. The van der Waals surface area contributed by atoms with Crippen molar-refractivity contribution in [1.82, 2.24) is 0 Å². The van der Waals surface area contributed by atoms with E-state index in [1.165, 1.54) is 0 Å². The van der Waals surface area contributed by atoms with Crippen LogP contribution in [0.25, 0.3) is 0 Å². The molecule has 0 aromatic rings. The van der Waals surface area contributed by atoms with Crippen LogP contribution in [-0.4, -0.2) is 28.7 Å². The molecule has 70 valence electrons. The number of hydrogen-bond donors (Lipinski definition) is 3. The molecule has 5 nitrogen and oxygen atoms in total. The first kappa shape index (κ1) is 10.9. The van der Waals surface area contributed by atoms with Gasteiger partial charge in [0.05, 0.1) is 5.92 Å². The number of carboxylic acid groups (broad SMARTS) is 2. The fourth-order valence-corrected chi connectivity index (χ4v) is 0.890. The summed E-state index contributed by atoms with van der Waals surface area (Å²) in [5.74, 6) is -2.56. The molecule has 0 spiro atoms. The fraction of sp³-hybridized carbons (Fsp3) is 0.714. The van der Waals surface area contributed by atoms with Crippen molar-refractivity contribution in [3.8, 4) is 0 Å². The van der Waals surface area contributed by atoms with Crippen molar-refractivity contribution in [2.24, 2.45) is 11.7 Å². The van der Waals surface area contributed by atoms with Gasteiger partial charge in [-0.05, 0) is 19.4 Å². The predicted octanol–water partition coefficient (Wildman–Crippen LogP) is -0.0992. The van der Waals surface area contributed by atoms with Gasteiger partial charge in [-0.25, -0.2) is 0 Å². The van der Waals surface area contributed by atoms with E-state index in [9.17, 15) is 9.59 Å². The third kappa shape index (κ3) is 4.68. The summed E-state index contributed by atoms with van der Waals surface area (Å²) in [6.07, 6.45) is 0.376. The first-order chi connectivity index (χ1) is 5.57. The van der Waals surface area contributed by atoms with Crippen LogP contribution in [0.3, 0.4) is 0 Å². The summed E-state index contributed by atoms with van der Waals surface area (Å²) < 4.78 is 0. The van der Waals surface area contributed by atoms with E-state index in [2.05, 4.69) is 0 Å². The van der Waals surface area contributed by atoms with Crippen LogP contribution >= 0.6 is 0 Å². The van der Waals surface area contributed by atoms with Gasteiger partial charge in [0, 0.05) is 6.42 Å². The second-order valence-electron chi connectivity index (χ2n) is 2.54. The van der Waals surface area contributed by atoms with Gasteiger partial charge in [-0.3, -0.25) is 9.59 Å². The number of nitrogens with two attached hydrogens (primary N) is 1. The Balaban J connectivity index is 3.79. The minimum Gasteiger partial charge on any atom is -0.481 e. The summed E-state index contributed by atoms with van der Waals surface area (Å²) in [6.45, 7) is 0.274. The summed E-state index contributed by atoms with van der Waals surface area (Å²) in [4.78, 5) is 20.6. The highest BCUT2D eigenvalue weighted by atomic mass is 16.4. The van der Waals surface area contributed by atoms with Gasteiger partial charge in [0.15, 0.2) is 0 Å².